The number of hydrogen-bond acceptors (Lipinski definition) is 4. The molecular weight excluding hydrogens is 412 g/mol. The molecule has 1 aliphatic carbocycles. The standard InChI is InChI=1S/C24H21F2N5O/c1-24(25,26)18-10-19(13-27-12-18)29-21(32)8-14-2-4-15(5-3-14)17-9-20-22(16-6-7-16)30-31-23(20)28-11-17/h2-5,9-13,16H,6-8H2,1H3,(H,29,32)(H,28,30,31). The minimum absolute atomic E-state index is 0.123. The monoisotopic (exact) mass is 433 g/mol. The molecule has 0 radical (unpaired) electrons. The summed E-state index contributed by atoms with van der Waals surface area (Å²) >= 11 is 0. The van der Waals surface area contributed by atoms with Crippen molar-refractivity contribution in [2.45, 2.75) is 38.0 Å². The molecule has 0 atom stereocenters. The summed E-state index contributed by atoms with van der Waals surface area (Å²) in [7, 11) is 0. The highest BCUT2D eigenvalue weighted by Gasteiger charge is 2.28. The van der Waals surface area contributed by atoms with Gasteiger partial charge in [0.15, 0.2) is 5.65 Å². The van der Waals surface area contributed by atoms with Crippen LogP contribution < -0.4 is 5.32 Å². The number of nitrogens with one attached hydrogen (secondary N) is 2. The van der Waals surface area contributed by atoms with Crippen molar-refractivity contribution >= 4 is 22.6 Å². The molecule has 162 valence electrons. The third-order valence-electron chi connectivity index (χ3n) is 5.61. The number of carbonyl (C=O) groups is 1. The van der Waals surface area contributed by atoms with Gasteiger partial charge in [-0.1, -0.05) is 24.3 Å². The second-order valence-electron chi connectivity index (χ2n) is 8.28. The van der Waals surface area contributed by atoms with Crippen molar-refractivity contribution in [2.24, 2.45) is 0 Å². The van der Waals surface area contributed by atoms with E-state index in [0.29, 0.717) is 5.92 Å². The number of amides is 1. The van der Waals surface area contributed by atoms with Crippen molar-refractivity contribution < 1.29 is 13.6 Å². The molecule has 0 saturated heterocycles. The summed E-state index contributed by atoms with van der Waals surface area (Å²) in [6.45, 7) is 0.795. The van der Waals surface area contributed by atoms with E-state index in [1.54, 1.807) is 6.20 Å². The van der Waals surface area contributed by atoms with E-state index < -0.39 is 5.92 Å². The van der Waals surface area contributed by atoms with Crippen LogP contribution in [0.5, 0.6) is 0 Å². The topological polar surface area (TPSA) is 83.6 Å². The van der Waals surface area contributed by atoms with E-state index in [9.17, 15) is 13.6 Å². The predicted molar refractivity (Wildman–Crippen MR) is 117 cm³/mol. The molecule has 32 heavy (non-hydrogen) atoms. The first-order valence-electron chi connectivity index (χ1n) is 10.4. The molecular formula is C24H21F2N5O. The Labute approximate surface area is 183 Å². The van der Waals surface area contributed by atoms with Gasteiger partial charge in [0.1, 0.15) is 0 Å². The number of aromatic nitrogens is 4. The summed E-state index contributed by atoms with van der Waals surface area (Å²) in [5.74, 6) is -2.76. The van der Waals surface area contributed by atoms with E-state index in [0.717, 1.165) is 46.5 Å². The molecule has 1 aromatic carbocycles. The molecule has 3 heterocycles. The van der Waals surface area contributed by atoms with E-state index in [1.807, 2.05) is 24.3 Å². The van der Waals surface area contributed by atoms with Crippen LogP contribution in [-0.4, -0.2) is 26.1 Å². The Morgan fingerprint density at radius 3 is 2.62 bits per heavy atom. The lowest BCUT2D eigenvalue weighted by Gasteiger charge is -2.12. The van der Waals surface area contributed by atoms with Gasteiger partial charge in [-0.3, -0.25) is 14.9 Å². The molecule has 4 aromatic rings. The number of H-pyrrole nitrogens is 1. The highest BCUT2D eigenvalue weighted by molar-refractivity contribution is 5.92. The fraction of sp³-hybridized carbons (Fsp3) is 0.250. The predicted octanol–water partition coefficient (Wildman–Crippen LogP) is 5.19. The Morgan fingerprint density at radius 1 is 1.12 bits per heavy atom. The fourth-order valence-corrected chi connectivity index (χ4v) is 3.71. The molecule has 8 heteroatoms. The molecule has 0 spiro atoms. The summed E-state index contributed by atoms with van der Waals surface area (Å²) in [6, 6.07) is 11.0. The molecule has 6 nitrogen and oxygen atoms in total. The lowest BCUT2D eigenvalue weighted by atomic mass is 10.0. The highest BCUT2D eigenvalue weighted by Crippen LogP contribution is 2.42. The number of halogens is 2. The van der Waals surface area contributed by atoms with Crippen LogP contribution in [0.4, 0.5) is 14.5 Å². The van der Waals surface area contributed by atoms with E-state index in [1.165, 1.54) is 25.1 Å². The molecule has 1 saturated carbocycles. The summed E-state index contributed by atoms with van der Waals surface area (Å²) in [5, 5.41) is 11.1. The minimum atomic E-state index is -3.02. The zero-order chi connectivity index (χ0) is 22.3. The zero-order valence-electron chi connectivity index (χ0n) is 17.4. The maximum atomic E-state index is 13.5. The highest BCUT2D eigenvalue weighted by atomic mass is 19.3. The number of nitrogens with zero attached hydrogens (tertiary/aromatic N) is 3. The maximum absolute atomic E-state index is 13.5. The Kier molecular flexibility index (Phi) is 4.92. The van der Waals surface area contributed by atoms with Gasteiger partial charge >= 0.3 is 0 Å². The first-order chi connectivity index (χ1) is 15.4. The number of fused-ring (bicyclic) bond motifs is 1. The number of alkyl halides is 2. The van der Waals surface area contributed by atoms with Crippen molar-refractivity contribution in [1.82, 2.24) is 20.2 Å². The summed E-state index contributed by atoms with van der Waals surface area (Å²) in [6.07, 6.45) is 6.73. The largest absolute Gasteiger partial charge is 0.324 e. The quantitative estimate of drug-likeness (QED) is 0.438. The van der Waals surface area contributed by atoms with Gasteiger partial charge < -0.3 is 5.32 Å². The summed E-state index contributed by atoms with van der Waals surface area (Å²) in [4.78, 5) is 20.6. The third-order valence-corrected chi connectivity index (χ3v) is 5.61. The zero-order valence-corrected chi connectivity index (χ0v) is 17.4. The van der Waals surface area contributed by atoms with E-state index in [4.69, 9.17) is 0 Å². The van der Waals surface area contributed by atoms with Gasteiger partial charge in [0.05, 0.1) is 18.3 Å². The Hall–Kier alpha value is -3.68. The molecule has 1 aliphatic rings. The number of pyridine rings is 2. The molecule has 3 aromatic heterocycles. The number of carbonyl (C=O) groups excluding carboxylic acids is 1. The first kappa shape index (κ1) is 20.2. The Morgan fingerprint density at radius 2 is 1.91 bits per heavy atom. The van der Waals surface area contributed by atoms with Crippen LogP contribution in [0.15, 0.2) is 55.0 Å². The van der Waals surface area contributed by atoms with Crippen molar-refractivity contribution in [2.75, 3.05) is 5.32 Å². The molecule has 0 bridgehead atoms. The van der Waals surface area contributed by atoms with Crippen molar-refractivity contribution in [3.8, 4) is 11.1 Å². The van der Waals surface area contributed by atoms with E-state index in [2.05, 4.69) is 31.5 Å². The van der Waals surface area contributed by atoms with Crippen molar-refractivity contribution in [3.63, 3.8) is 0 Å². The Balaban J connectivity index is 1.28. The number of rotatable bonds is 6. The molecule has 0 unspecified atom stereocenters. The van der Waals surface area contributed by atoms with Crippen molar-refractivity contribution in [1.29, 1.82) is 0 Å². The van der Waals surface area contributed by atoms with Crippen LogP contribution in [0.2, 0.25) is 0 Å². The first-order valence-corrected chi connectivity index (χ1v) is 10.4. The van der Waals surface area contributed by atoms with Crippen LogP contribution in [0.25, 0.3) is 22.2 Å². The van der Waals surface area contributed by atoms with Gasteiger partial charge in [0.25, 0.3) is 5.92 Å². The normalized spacial score (nSPS) is 14.0. The average Bonchev–Trinajstić information content (AvgIpc) is 3.52. The van der Waals surface area contributed by atoms with Crippen LogP contribution in [0.1, 0.15) is 42.5 Å². The molecule has 2 N–H and O–H groups in total. The number of benzene rings is 1. The number of anilines is 1. The van der Waals surface area contributed by atoms with E-state index >= 15 is 0 Å². The average molecular weight is 433 g/mol. The van der Waals surface area contributed by atoms with Gasteiger partial charge in [0, 0.05) is 47.4 Å². The van der Waals surface area contributed by atoms with Crippen molar-refractivity contribution in [3.05, 3.63) is 71.8 Å². The van der Waals surface area contributed by atoms with E-state index in [-0.39, 0.29) is 23.6 Å². The van der Waals surface area contributed by atoms with Gasteiger partial charge in [-0.15, -0.1) is 0 Å². The van der Waals surface area contributed by atoms with Gasteiger partial charge in [0.2, 0.25) is 5.91 Å². The number of hydrogen-bond donors (Lipinski definition) is 2. The third kappa shape index (κ3) is 4.21. The van der Waals surface area contributed by atoms with Gasteiger partial charge in [-0.25, -0.2) is 13.8 Å². The van der Waals surface area contributed by atoms with Gasteiger partial charge in [-0.2, -0.15) is 5.10 Å². The fourth-order valence-electron chi connectivity index (χ4n) is 3.71. The molecule has 1 amide bonds. The van der Waals surface area contributed by atoms with Crippen LogP contribution in [0.3, 0.4) is 0 Å². The van der Waals surface area contributed by atoms with Crippen LogP contribution in [-0.2, 0) is 17.1 Å². The number of aromatic amines is 1. The lowest BCUT2D eigenvalue weighted by Crippen LogP contribution is -2.15. The second-order valence-corrected chi connectivity index (χ2v) is 8.28. The molecule has 1 fully saturated rings. The lowest BCUT2D eigenvalue weighted by molar-refractivity contribution is -0.115. The summed E-state index contributed by atoms with van der Waals surface area (Å²) in [5.41, 5.74) is 4.68. The molecule has 0 aliphatic heterocycles. The molecule has 5 rings (SSSR count). The maximum Gasteiger partial charge on any atom is 0.272 e. The minimum Gasteiger partial charge on any atom is -0.324 e. The Bertz CT molecular complexity index is 1290. The second kappa shape index (κ2) is 7.78. The van der Waals surface area contributed by atoms with Gasteiger partial charge in [-0.05, 0) is 36.1 Å². The smallest absolute Gasteiger partial charge is 0.272 e. The summed E-state index contributed by atoms with van der Waals surface area (Å²) < 4.78 is 26.9. The SMILES string of the molecule is CC(F)(F)c1cncc(NC(=O)Cc2ccc(-c3cnc4n[nH]c(C5CC5)c4c3)cc2)c1. The van der Waals surface area contributed by atoms with Crippen LogP contribution in [0, 0.1) is 0 Å². The van der Waals surface area contributed by atoms with Crippen LogP contribution >= 0.6 is 0 Å².